The van der Waals surface area contributed by atoms with Gasteiger partial charge in [-0.15, -0.1) is 5.10 Å². The van der Waals surface area contributed by atoms with Crippen molar-refractivity contribution >= 4 is 33.9 Å². The van der Waals surface area contributed by atoms with E-state index in [2.05, 4.69) is 32.0 Å². The fraction of sp³-hybridized carbons (Fsp3) is 0.357. The molecule has 38 heavy (non-hydrogen) atoms. The van der Waals surface area contributed by atoms with Gasteiger partial charge in [0.25, 0.3) is 0 Å². The van der Waals surface area contributed by atoms with Crippen LogP contribution in [-0.2, 0) is 0 Å². The third kappa shape index (κ3) is 5.02. The molecule has 6 rings (SSSR count). The molecular weight excluding hydrogens is 505 g/mol. The standard InChI is InChI=1S/C28H27ClFN7O/c29-24-12-20(11-23-26(17(13-31)14-32-28(23)24)33-19-2-1-3-22(38)10-19)34-27(16-4-6-18(30)7-5-16)25-15-37(36-35-25)21-8-9-21/h4-7,11-12,14-15,19,21-22,27,34,38H,1-3,8-10H2,(H,32,33)/t19-,22-,27?/m0/s1. The lowest BCUT2D eigenvalue weighted by Crippen LogP contribution is -2.30. The molecular formula is C28H27ClFN7O. The molecule has 2 aliphatic carbocycles. The number of hydrogen-bond acceptors (Lipinski definition) is 7. The van der Waals surface area contributed by atoms with Crippen molar-refractivity contribution in [1.29, 1.82) is 5.26 Å². The molecule has 2 heterocycles. The van der Waals surface area contributed by atoms with Gasteiger partial charge in [-0.05, 0) is 68.4 Å². The van der Waals surface area contributed by atoms with Gasteiger partial charge in [0.05, 0.1) is 46.2 Å². The molecule has 2 saturated carbocycles. The van der Waals surface area contributed by atoms with Crippen molar-refractivity contribution in [3.8, 4) is 6.07 Å². The van der Waals surface area contributed by atoms with Gasteiger partial charge in [0, 0.05) is 23.3 Å². The molecule has 194 valence electrons. The van der Waals surface area contributed by atoms with Crippen LogP contribution in [0.15, 0.2) is 48.8 Å². The third-order valence-corrected chi connectivity index (χ3v) is 7.59. The lowest BCUT2D eigenvalue weighted by atomic mass is 9.92. The Kier molecular flexibility index (Phi) is 6.60. The van der Waals surface area contributed by atoms with E-state index < -0.39 is 6.04 Å². The van der Waals surface area contributed by atoms with Crippen LogP contribution >= 0.6 is 11.6 Å². The van der Waals surface area contributed by atoms with Crippen LogP contribution in [0, 0.1) is 17.1 Å². The summed E-state index contributed by atoms with van der Waals surface area (Å²) in [5.74, 6) is -0.318. The monoisotopic (exact) mass is 531 g/mol. The van der Waals surface area contributed by atoms with Gasteiger partial charge in [-0.2, -0.15) is 5.26 Å². The molecule has 3 atom stereocenters. The topological polar surface area (TPSA) is 112 Å². The van der Waals surface area contributed by atoms with Gasteiger partial charge in [-0.3, -0.25) is 4.98 Å². The summed E-state index contributed by atoms with van der Waals surface area (Å²) in [6.07, 6.45) is 8.48. The molecule has 2 fully saturated rings. The average Bonchev–Trinajstić information content (AvgIpc) is 3.65. The van der Waals surface area contributed by atoms with E-state index >= 15 is 0 Å². The summed E-state index contributed by atoms with van der Waals surface area (Å²) in [5.41, 5.74) is 3.87. The van der Waals surface area contributed by atoms with Crippen LogP contribution < -0.4 is 10.6 Å². The predicted octanol–water partition coefficient (Wildman–Crippen LogP) is 5.74. The Bertz CT molecular complexity index is 1510. The number of anilines is 2. The number of aromatic nitrogens is 4. The fourth-order valence-corrected chi connectivity index (χ4v) is 5.44. The Labute approximate surface area is 224 Å². The molecule has 0 amide bonds. The van der Waals surface area contributed by atoms with Crippen molar-refractivity contribution in [2.45, 2.75) is 62.8 Å². The molecule has 1 unspecified atom stereocenters. The van der Waals surface area contributed by atoms with E-state index in [1.807, 2.05) is 16.9 Å². The van der Waals surface area contributed by atoms with Crippen LogP contribution in [0.25, 0.3) is 10.9 Å². The number of nitrogens with zero attached hydrogens (tertiary/aromatic N) is 5. The maximum Gasteiger partial charge on any atom is 0.123 e. The van der Waals surface area contributed by atoms with E-state index in [9.17, 15) is 14.8 Å². The van der Waals surface area contributed by atoms with Crippen LogP contribution in [0.3, 0.4) is 0 Å². The van der Waals surface area contributed by atoms with E-state index in [4.69, 9.17) is 11.6 Å². The number of aliphatic hydroxyl groups excluding tert-OH is 1. The van der Waals surface area contributed by atoms with E-state index in [-0.39, 0.29) is 18.0 Å². The normalized spacial score (nSPS) is 20.2. The average molecular weight is 532 g/mol. The highest BCUT2D eigenvalue weighted by Crippen LogP contribution is 2.38. The molecule has 2 aromatic heterocycles. The van der Waals surface area contributed by atoms with Gasteiger partial charge in [0.2, 0.25) is 0 Å². The summed E-state index contributed by atoms with van der Waals surface area (Å²) in [6, 6.07) is 12.2. The summed E-state index contributed by atoms with van der Waals surface area (Å²) in [6.45, 7) is 0. The first kappa shape index (κ1) is 24.6. The number of rotatable bonds is 7. The maximum absolute atomic E-state index is 13.7. The van der Waals surface area contributed by atoms with Crippen LogP contribution in [0.5, 0.6) is 0 Å². The van der Waals surface area contributed by atoms with E-state index in [0.717, 1.165) is 37.7 Å². The summed E-state index contributed by atoms with van der Waals surface area (Å²) >= 11 is 6.71. The van der Waals surface area contributed by atoms with E-state index in [1.165, 1.54) is 18.3 Å². The number of hydrogen-bond donors (Lipinski definition) is 3. The zero-order chi connectivity index (χ0) is 26.2. The lowest BCUT2D eigenvalue weighted by Gasteiger charge is -2.28. The predicted molar refractivity (Wildman–Crippen MR) is 144 cm³/mol. The van der Waals surface area contributed by atoms with Crippen LogP contribution in [-0.4, -0.2) is 37.2 Å². The number of benzene rings is 2. The van der Waals surface area contributed by atoms with Gasteiger partial charge in [0.15, 0.2) is 0 Å². The molecule has 0 aliphatic heterocycles. The first-order chi connectivity index (χ1) is 18.5. The SMILES string of the molecule is N#Cc1cnc2c(Cl)cc(NC(c3ccc(F)cc3)c3cn(C4CC4)nn3)cc2c1N[C@H]1CCC[C@H](O)C1. The summed E-state index contributed by atoms with van der Waals surface area (Å²) < 4.78 is 15.6. The molecule has 0 saturated heterocycles. The molecule has 3 N–H and O–H groups in total. The van der Waals surface area contributed by atoms with Crippen molar-refractivity contribution in [3.05, 3.63) is 76.5 Å². The minimum absolute atomic E-state index is 0.0382. The minimum atomic E-state index is -0.409. The minimum Gasteiger partial charge on any atom is -0.393 e. The maximum atomic E-state index is 13.7. The fourth-order valence-electron chi connectivity index (χ4n) is 5.17. The number of nitriles is 1. The molecule has 8 nitrogen and oxygen atoms in total. The first-order valence-corrected chi connectivity index (χ1v) is 13.3. The van der Waals surface area contributed by atoms with Crippen LogP contribution in [0.1, 0.15) is 67.4 Å². The molecule has 4 aromatic rings. The van der Waals surface area contributed by atoms with Gasteiger partial charge >= 0.3 is 0 Å². The molecule has 2 aromatic carbocycles. The number of aliphatic hydroxyl groups is 1. The Morgan fingerprint density at radius 2 is 1.97 bits per heavy atom. The Morgan fingerprint density at radius 1 is 1.16 bits per heavy atom. The zero-order valence-electron chi connectivity index (χ0n) is 20.6. The molecule has 0 radical (unpaired) electrons. The zero-order valence-corrected chi connectivity index (χ0v) is 21.4. The van der Waals surface area contributed by atoms with Crippen molar-refractivity contribution < 1.29 is 9.50 Å². The second-order valence-corrected chi connectivity index (χ2v) is 10.6. The summed E-state index contributed by atoms with van der Waals surface area (Å²) in [4.78, 5) is 4.46. The second kappa shape index (κ2) is 10.2. The van der Waals surface area contributed by atoms with E-state index in [0.29, 0.717) is 51.0 Å². The Balaban J connectivity index is 1.40. The highest BCUT2D eigenvalue weighted by Gasteiger charge is 2.27. The quantitative estimate of drug-likeness (QED) is 0.278. The van der Waals surface area contributed by atoms with Crippen molar-refractivity contribution in [2.75, 3.05) is 10.6 Å². The van der Waals surface area contributed by atoms with Crippen LogP contribution in [0.2, 0.25) is 5.02 Å². The number of halogens is 2. The smallest absolute Gasteiger partial charge is 0.123 e. The molecule has 0 bridgehead atoms. The molecule has 10 heteroatoms. The third-order valence-electron chi connectivity index (χ3n) is 7.30. The van der Waals surface area contributed by atoms with Gasteiger partial charge in [0.1, 0.15) is 17.6 Å². The van der Waals surface area contributed by atoms with Gasteiger partial charge in [-0.1, -0.05) is 28.9 Å². The van der Waals surface area contributed by atoms with Gasteiger partial charge in [-0.25, -0.2) is 9.07 Å². The van der Waals surface area contributed by atoms with E-state index in [1.54, 1.807) is 18.2 Å². The number of nitrogens with one attached hydrogen (secondary N) is 2. The second-order valence-electron chi connectivity index (χ2n) is 10.2. The van der Waals surface area contributed by atoms with Crippen molar-refractivity contribution in [3.63, 3.8) is 0 Å². The molecule has 2 aliphatic rings. The van der Waals surface area contributed by atoms with Crippen molar-refractivity contribution in [2.24, 2.45) is 0 Å². The molecule has 0 spiro atoms. The van der Waals surface area contributed by atoms with Gasteiger partial charge < -0.3 is 15.7 Å². The Hall–Kier alpha value is -3.74. The lowest BCUT2D eigenvalue weighted by molar-refractivity contribution is 0.124. The highest BCUT2D eigenvalue weighted by molar-refractivity contribution is 6.35. The summed E-state index contributed by atoms with van der Waals surface area (Å²) in [5, 5.41) is 36.9. The highest BCUT2D eigenvalue weighted by atomic mass is 35.5. The summed E-state index contributed by atoms with van der Waals surface area (Å²) in [7, 11) is 0. The van der Waals surface area contributed by atoms with Crippen LogP contribution in [0.4, 0.5) is 15.8 Å². The first-order valence-electron chi connectivity index (χ1n) is 12.9. The number of fused-ring (bicyclic) bond motifs is 1. The van der Waals surface area contributed by atoms with Crippen molar-refractivity contribution in [1.82, 2.24) is 20.0 Å². The largest absolute Gasteiger partial charge is 0.393 e. The Morgan fingerprint density at radius 3 is 2.71 bits per heavy atom. The number of pyridine rings is 1.